The van der Waals surface area contributed by atoms with Gasteiger partial charge in [0.25, 0.3) is 5.91 Å². The molecule has 0 N–H and O–H groups in total. The molecule has 1 aromatic heterocycles. The molecule has 0 saturated carbocycles. The van der Waals surface area contributed by atoms with Crippen molar-refractivity contribution in [2.75, 3.05) is 50.7 Å². The van der Waals surface area contributed by atoms with Gasteiger partial charge in [0.05, 0.1) is 0 Å². The summed E-state index contributed by atoms with van der Waals surface area (Å²) in [5.41, 5.74) is 0.532. The molecule has 2 saturated heterocycles. The molecule has 0 unspecified atom stereocenters. The molecular formula is C16H25N5O. The number of nitrogens with zero attached hydrogens (tertiary/aromatic N) is 5. The third kappa shape index (κ3) is 3.38. The van der Waals surface area contributed by atoms with Gasteiger partial charge in [0.2, 0.25) is 5.95 Å². The van der Waals surface area contributed by atoms with Crippen LogP contribution in [-0.2, 0) is 0 Å². The lowest BCUT2D eigenvalue weighted by molar-refractivity contribution is 0.0718. The minimum atomic E-state index is 0.0514. The van der Waals surface area contributed by atoms with Gasteiger partial charge in [0, 0.05) is 45.5 Å². The molecule has 2 aliphatic heterocycles. The van der Waals surface area contributed by atoms with E-state index in [4.69, 9.17) is 0 Å². The van der Waals surface area contributed by atoms with Gasteiger partial charge in [-0.2, -0.15) is 0 Å². The number of amides is 1. The molecule has 0 aromatic carbocycles. The zero-order chi connectivity index (χ0) is 15.4. The van der Waals surface area contributed by atoms with Gasteiger partial charge in [-0.15, -0.1) is 0 Å². The lowest BCUT2D eigenvalue weighted by Crippen LogP contribution is -2.47. The van der Waals surface area contributed by atoms with Crippen LogP contribution in [0.4, 0.5) is 5.95 Å². The van der Waals surface area contributed by atoms with Crippen LogP contribution in [0, 0.1) is 0 Å². The molecule has 22 heavy (non-hydrogen) atoms. The molecule has 0 atom stereocenters. The molecule has 6 heteroatoms. The largest absolute Gasteiger partial charge is 0.338 e. The normalized spacial score (nSPS) is 20.2. The number of rotatable bonds is 3. The summed E-state index contributed by atoms with van der Waals surface area (Å²) in [6.07, 6.45) is 5.14. The Labute approximate surface area is 132 Å². The first-order chi connectivity index (χ1) is 10.8. The molecular weight excluding hydrogens is 278 g/mol. The van der Waals surface area contributed by atoms with E-state index in [-0.39, 0.29) is 5.91 Å². The quantitative estimate of drug-likeness (QED) is 0.841. The van der Waals surface area contributed by atoms with Gasteiger partial charge in [-0.05, 0) is 31.9 Å². The van der Waals surface area contributed by atoms with Crippen molar-refractivity contribution in [3.8, 4) is 0 Å². The number of hydrogen-bond donors (Lipinski definition) is 0. The summed E-state index contributed by atoms with van der Waals surface area (Å²) in [4.78, 5) is 28.0. The average Bonchev–Trinajstić information content (AvgIpc) is 2.62. The van der Waals surface area contributed by atoms with Crippen molar-refractivity contribution in [3.05, 3.63) is 18.0 Å². The Morgan fingerprint density at radius 1 is 1.09 bits per heavy atom. The van der Waals surface area contributed by atoms with Gasteiger partial charge < -0.3 is 14.7 Å². The minimum absolute atomic E-state index is 0.0514. The first-order valence-corrected chi connectivity index (χ1v) is 8.37. The lowest BCUT2D eigenvalue weighted by atomic mass is 10.1. The van der Waals surface area contributed by atoms with E-state index in [1.54, 1.807) is 12.3 Å². The fourth-order valence-electron chi connectivity index (χ4n) is 3.14. The van der Waals surface area contributed by atoms with Crippen LogP contribution in [0.2, 0.25) is 0 Å². The molecule has 1 amide bonds. The van der Waals surface area contributed by atoms with Gasteiger partial charge >= 0.3 is 0 Å². The highest BCUT2D eigenvalue weighted by Gasteiger charge is 2.22. The first kappa shape index (κ1) is 15.2. The minimum Gasteiger partial charge on any atom is -0.338 e. The SMILES string of the molecule is CCN1CCN(c2nccc(C(=O)N3CCCCC3)n2)CC1. The number of piperidine rings is 1. The second-order valence-electron chi connectivity index (χ2n) is 6.02. The van der Waals surface area contributed by atoms with E-state index in [0.29, 0.717) is 11.6 Å². The van der Waals surface area contributed by atoms with Crippen LogP contribution in [0.3, 0.4) is 0 Å². The molecule has 2 aliphatic rings. The third-order valence-electron chi connectivity index (χ3n) is 4.61. The number of carbonyl (C=O) groups excluding carboxylic acids is 1. The predicted molar refractivity (Wildman–Crippen MR) is 86.1 cm³/mol. The van der Waals surface area contributed by atoms with Crippen LogP contribution in [0.1, 0.15) is 36.7 Å². The van der Waals surface area contributed by atoms with Crippen molar-refractivity contribution in [2.24, 2.45) is 0 Å². The van der Waals surface area contributed by atoms with Crippen molar-refractivity contribution in [1.82, 2.24) is 19.8 Å². The number of piperazine rings is 1. The maximum atomic E-state index is 12.5. The number of carbonyl (C=O) groups is 1. The van der Waals surface area contributed by atoms with E-state index >= 15 is 0 Å². The number of likely N-dealkylation sites (N-methyl/N-ethyl adjacent to an activating group) is 1. The summed E-state index contributed by atoms with van der Waals surface area (Å²) in [6, 6.07) is 1.74. The highest BCUT2D eigenvalue weighted by atomic mass is 16.2. The highest BCUT2D eigenvalue weighted by molar-refractivity contribution is 5.92. The topological polar surface area (TPSA) is 52.6 Å². The Balaban J connectivity index is 1.68. The fourth-order valence-corrected chi connectivity index (χ4v) is 3.14. The fraction of sp³-hybridized carbons (Fsp3) is 0.688. The van der Waals surface area contributed by atoms with E-state index in [0.717, 1.165) is 58.7 Å². The third-order valence-corrected chi connectivity index (χ3v) is 4.61. The van der Waals surface area contributed by atoms with Crippen LogP contribution in [0.25, 0.3) is 0 Å². The van der Waals surface area contributed by atoms with Crippen LogP contribution < -0.4 is 4.90 Å². The zero-order valence-electron chi connectivity index (χ0n) is 13.4. The number of hydrogen-bond acceptors (Lipinski definition) is 5. The van der Waals surface area contributed by atoms with Crippen molar-refractivity contribution in [3.63, 3.8) is 0 Å². The number of likely N-dealkylation sites (tertiary alicyclic amines) is 1. The first-order valence-electron chi connectivity index (χ1n) is 8.37. The van der Waals surface area contributed by atoms with Crippen molar-refractivity contribution in [2.45, 2.75) is 26.2 Å². The molecule has 1 aromatic rings. The summed E-state index contributed by atoms with van der Waals surface area (Å²) in [5, 5.41) is 0. The zero-order valence-corrected chi connectivity index (χ0v) is 13.4. The van der Waals surface area contributed by atoms with E-state index in [1.807, 2.05) is 4.90 Å². The standard InChI is InChI=1S/C16H25N5O/c1-2-19-10-12-21(13-11-19)16-17-7-6-14(18-16)15(22)20-8-4-3-5-9-20/h6-7H,2-5,8-13H2,1H3. The second-order valence-corrected chi connectivity index (χ2v) is 6.02. The van der Waals surface area contributed by atoms with Crippen molar-refractivity contribution in [1.29, 1.82) is 0 Å². The predicted octanol–water partition coefficient (Wildman–Crippen LogP) is 1.24. The molecule has 0 aliphatic carbocycles. The summed E-state index contributed by atoms with van der Waals surface area (Å²) >= 11 is 0. The smallest absolute Gasteiger partial charge is 0.272 e. The average molecular weight is 303 g/mol. The Morgan fingerprint density at radius 2 is 1.82 bits per heavy atom. The van der Waals surface area contributed by atoms with Crippen LogP contribution in [-0.4, -0.2) is 71.5 Å². The van der Waals surface area contributed by atoms with Crippen LogP contribution in [0.15, 0.2) is 12.3 Å². The monoisotopic (exact) mass is 303 g/mol. The van der Waals surface area contributed by atoms with E-state index in [1.165, 1.54) is 6.42 Å². The Bertz CT molecular complexity index is 507. The van der Waals surface area contributed by atoms with E-state index in [2.05, 4.69) is 26.7 Å². The van der Waals surface area contributed by atoms with E-state index in [9.17, 15) is 4.79 Å². The molecule has 0 radical (unpaired) electrons. The summed E-state index contributed by atoms with van der Waals surface area (Å²) < 4.78 is 0. The maximum Gasteiger partial charge on any atom is 0.272 e. The van der Waals surface area contributed by atoms with Gasteiger partial charge in [-0.25, -0.2) is 9.97 Å². The van der Waals surface area contributed by atoms with Gasteiger partial charge in [0.15, 0.2) is 0 Å². The summed E-state index contributed by atoms with van der Waals surface area (Å²) in [7, 11) is 0. The van der Waals surface area contributed by atoms with Gasteiger partial charge in [0.1, 0.15) is 5.69 Å². The Morgan fingerprint density at radius 3 is 2.50 bits per heavy atom. The van der Waals surface area contributed by atoms with Crippen LogP contribution in [0.5, 0.6) is 0 Å². The van der Waals surface area contributed by atoms with Gasteiger partial charge in [-0.1, -0.05) is 6.92 Å². The molecule has 2 fully saturated rings. The highest BCUT2D eigenvalue weighted by Crippen LogP contribution is 2.15. The molecule has 3 rings (SSSR count). The molecule has 120 valence electrons. The molecule has 6 nitrogen and oxygen atoms in total. The molecule has 3 heterocycles. The number of aromatic nitrogens is 2. The van der Waals surface area contributed by atoms with Crippen molar-refractivity contribution >= 4 is 11.9 Å². The summed E-state index contributed by atoms with van der Waals surface area (Å²) in [5.74, 6) is 0.745. The lowest BCUT2D eigenvalue weighted by Gasteiger charge is -2.34. The van der Waals surface area contributed by atoms with Gasteiger partial charge in [-0.3, -0.25) is 4.79 Å². The van der Waals surface area contributed by atoms with Crippen molar-refractivity contribution < 1.29 is 4.79 Å². The number of anilines is 1. The maximum absolute atomic E-state index is 12.5. The van der Waals surface area contributed by atoms with Crippen LogP contribution >= 0.6 is 0 Å². The second kappa shape index (κ2) is 7.05. The van der Waals surface area contributed by atoms with E-state index < -0.39 is 0 Å². The molecule has 0 spiro atoms. The molecule has 0 bridgehead atoms. The Hall–Kier alpha value is -1.69. The Kier molecular flexibility index (Phi) is 4.87. The summed E-state index contributed by atoms with van der Waals surface area (Å²) in [6.45, 7) is 8.89.